The van der Waals surface area contributed by atoms with Crippen LogP contribution < -0.4 is 5.32 Å². The molecule has 0 saturated carbocycles. The number of nitrogens with zero attached hydrogens (tertiary/aromatic N) is 5. The molecule has 0 bridgehead atoms. The fourth-order valence-corrected chi connectivity index (χ4v) is 3.10. The summed E-state index contributed by atoms with van der Waals surface area (Å²) in [6.45, 7) is 11.9. The fourth-order valence-electron chi connectivity index (χ4n) is 3.10. The van der Waals surface area contributed by atoms with Crippen molar-refractivity contribution < 1.29 is 0 Å². The second-order valence-electron chi connectivity index (χ2n) is 6.25. The summed E-state index contributed by atoms with van der Waals surface area (Å²) in [6.07, 6.45) is 3.40. The number of aryl methyl sites for hydroxylation is 1. The van der Waals surface area contributed by atoms with Crippen molar-refractivity contribution in [3.8, 4) is 0 Å². The van der Waals surface area contributed by atoms with Crippen molar-refractivity contribution in [1.82, 2.24) is 30.4 Å². The normalized spacial score (nSPS) is 26.9. The highest BCUT2D eigenvalue weighted by molar-refractivity contribution is 5.03. The molecular formula is C14H28N6. The van der Waals surface area contributed by atoms with Gasteiger partial charge in [-0.25, -0.2) is 0 Å². The first kappa shape index (κ1) is 15.4. The molecule has 1 aromatic heterocycles. The van der Waals surface area contributed by atoms with Crippen LogP contribution in [0.3, 0.4) is 0 Å². The summed E-state index contributed by atoms with van der Waals surface area (Å²) in [7, 11) is 1.82. The van der Waals surface area contributed by atoms with E-state index in [-0.39, 0.29) is 11.1 Å². The molecule has 2 heterocycles. The highest BCUT2D eigenvalue weighted by Gasteiger charge is 2.43. The van der Waals surface area contributed by atoms with E-state index in [0.717, 1.165) is 44.7 Å². The van der Waals surface area contributed by atoms with E-state index in [4.69, 9.17) is 0 Å². The van der Waals surface area contributed by atoms with Gasteiger partial charge in [0.15, 0.2) is 5.82 Å². The molecule has 20 heavy (non-hydrogen) atoms. The Kier molecular flexibility index (Phi) is 4.44. The Hall–Kier alpha value is -1.01. The lowest BCUT2D eigenvalue weighted by molar-refractivity contribution is -0.00586. The third-order valence-electron chi connectivity index (χ3n) is 5.03. The number of rotatable bonds is 5. The van der Waals surface area contributed by atoms with Gasteiger partial charge < -0.3 is 5.32 Å². The molecule has 0 radical (unpaired) electrons. The maximum absolute atomic E-state index is 4.34. The second kappa shape index (κ2) is 5.77. The molecule has 6 nitrogen and oxygen atoms in total. The maximum Gasteiger partial charge on any atom is 0.188 e. The molecule has 1 atom stereocenters. The molecule has 1 fully saturated rings. The molecule has 1 aliphatic rings. The van der Waals surface area contributed by atoms with Crippen molar-refractivity contribution in [2.24, 2.45) is 7.05 Å². The molecule has 0 spiro atoms. The number of aromatic nitrogens is 4. The molecule has 0 aromatic carbocycles. The van der Waals surface area contributed by atoms with Gasteiger partial charge >= 0.3 is 0 Å². The molecule has 1 N–H and O–H groups in total. The number of hydrogen-bond donors (Lipinski definition) is 1. The van der Waals surface area contributed by atoms with E-state index in [0.29, 0.717) is 0 Å². The molecule has 2 rings (SSSR count). The summed E-state index contributed by atoms with van der Waals surface area (Å²) in [6, 6.07) is 0. The SMILES string of the molecule is CCC1(C)CN(Cc2nnn(C)n2)C(CC)(CC)CN1. The summed E-state index contributed by atoms with van der Waals surface area (Å²) < 4.78 is 0. The monoisotopic (exact) mass is 280 g/mol. The van der Waals surface area contributed by atoms with E-state index < -0.39 is 0 Å². The van der Waals surface area contributed by atoms with E-state index in [2.05, 4.69) is 53.3 Å². The first-order chi connectivity index (χ1) is 9.47. The number of piperazine rings is 1. The van der Waals surface area contributed by atoms with Gasteiger partial charge in [-0.2, -0.15) is 4.80 Å². The Labute approximate surface area is 121 Å². The van der Waals surface area contributed by atoms with Crippen LogP contribution in [0.4, 0.5) is 0 Å². The quantitative estimate of drug-likeness (QED) is 0.882. The molecular weight excluding hydrogens is 252 g/mol. The van der Waals surface area contributed by atoms with Crippen molar-refractivity contribution in [2.45, 2.75) is 64.6 Å². The molecule has 1 aliphatic heterocycles. The molecule has 1 saturated heterocycles. The van der Waals surface area contributed by atoms with Crippen LogP contribution in [0.2, 0.25) is 0 Å². The highest BCUT2D eigenvalue weighted by atomic mass is 15.6. The minimum Gasteiger partial charge on any atom is -0.308 e. The lowest BCUT2D eigenvalue weighted by Gasteiger charge is -2.53. The zero-order valence-electron chi connectivity index (χ0n) is 13.5. The van der Waals surface area contributed by atoms with E-state index in [1.165, 1.54) is 4.80 Å². The van der Waals surface area contributed by atoms with Crippen LogP contribution in [-0.2, 0) is 13.6 Å². The lowest BCUT2D eigenvalue weighted by atomic mass is 9.82. The summed E-state index contributed by atoms with van der Waals surface area (Å²) in [4.78, 5) is 4.10. The Balaban J connectivity index is 2.21. The second-order valence-corrected chi connectivity index (χ2v) is 6.25. The molecule has 6 heteroatoms. The standard InChI is InChI=1S/C14H28N6/c1-6-13(4)11-20(9-12-16-18-19(5)17-12)14(7-2,8-3)10-15-13/h15H,6-11H2,1-5H3. The van der Waals surface area contributed by atoms with E-state index in [1.54, 1.807) is 0 Å². The van der Waals surface area contributed by atoms with Gasteiger partial charge in [-0.05, 0) is 31.4 Å². The van der Waals surface area contributed by atoms with Crippen molar-refractivity contribution in [3.63, 3.8) is 0 Å². The third kappa shape index (κ3) is 2.86. The van der Waals surface area contributed by atoms with Crippen molar-refractivity contribution in [3.05, 3.63) is 5.82 Å². The average Bonchev–Trinajstić information content (AvgIpc) is 2.85. The number of nitrogens with one attached hydrogen (secondary N) is 1. The largest absolute Gasteiger partial charge is 0.308 e. The first-order valence-corrected chi connectivity index (χ1v) is 7.70. The Morgan fingerprint density at radius 2 is 1.90 bits per heavy atom. The minimum atomic E-state index is 0.177. The molecule has 0 amide bonds. The predicted octanol–water partition coefficient (Wildman–Crippen LogP) is 1.34. The average molecular weight is 280 g/mol. The van der Waals surface area contributed by atoms with E-state index >= 15 is 0 Å². The van der Waals surface area contributed by atoms with Gasteiger partial charge in [0.1, 0.15) is 0 Å². The van der Waals surface area contributed by atoms with Gasteiger partial charge in [0.2, 0.25) is 0 Å². The van der Waals surface area contributed by atoms with Crippen LogP contribution >= 0.6 is 0 Å². The summed E-state index contributed by atoms with van der Waals surface area (Å²) >= 11 is 0. The van der Waals surface area contributed by atoms with Crippen LogP contribution in [0, 0.1) is 0 Å². The van der Waals surface area contributed by atoms with Gasteiger partial charge in [-0.15, -0.1) is 10.2 Å². The van der Waals surface area contributed by atoms with Gasteiger partial charge in [0.25, 0.3) is 0 Å². The fraction of sp³-hybridized carbons (Fsp3) is 0.929. The molecule has 114 valence electrons. The number of hydrogen-bond acceptors (Lipinski definition) is 5. The smallest absolute Gasteiger partial charge is 0.188 e. The Morgan fingerprint density at radius 1 is 1.20 bits per heavy atom. The molecule has 0 aliphatic carbocycles. The third-order valence-corrected chi connectivity index (χ3v) is 5.03. The van der Waals surface area contributed by atoms with Gasteiger partial charge in [0.05, 0.1) is 13.6 Å². The van der Waals surface area contributed by atoms with Gasteiger partial charge in [0, 0.05) is 24.2 Å². The zero-order valence-corrected chi connectivity index (χ0v) is 13.5. The molecule has 1 aromatic rings. The Morgan fingerprint density at radius 3 is 2.40 bits per heavy atom. The Bertz CT molecular complexity index is 439. The van der Waals surface area contributed by atoms with Crippen LogP contribution in [0.15, 0.2) is 0 Å². The summed E-state index contributed by atoms with van der Waals surface area (Å²) in [5.74, 6) is 0.819. The number of tetrazole rings is 1. The topological polar surface area (TPSA) is 58.9 Å². The molecule has 1 unspecified atom stereocenters. The van der Waals surface area contributed by atoms with E-state index in [9.17, 15) is 0 Å². The first-order valence-electron chi connectivity index (χ1n) is 7.70. The van der Waals surface area contributed by atoms with Crippen LogP contribution in [0.25, 0.3) is 0 Å². The highest BCUT2D eigenvalue weighted by Crippen LogP contribution is 2.32. The summed E-state index contributed by atoms with van der Waals surface area (Å²) in [5.41, 5.74) is 0.379. The van der Waals surface area contributed by atoms with Crippen LogP contribution in [0.1, 0.15) is 52.8 Å². The van der Waals surface area contributed by atoms with Crippen molar-refractivity contribution in [1.29, 1.82) is 0 Å². The summed E-state index contributed by atoms with van der Waals surface area (Å²) in [5, 5.41) is 16.2. The zero-order chi connectivity index (χ0) is 14.8. The predicted molar refractivity (Wildman–Crippen MR) is 79.2 cm³/mol. The van der Waals surface area contributed by atoms with E-state index in [1.807, 2.05) is 7.05 Å². The maximum atomic E-state index is 4.34. The van der Waals surface area contributed by atoms with Gasteiger partial charge in [-0.1, -0.05) is 20.8 Å². The minimum absolute atomic E-state index is 0.177. The van der Waals surface area contributed by atoms with Crippen LogP contribution in [0.5, 0.6) is 0 Å². The van der Waals surface area contributed by atoms with Gasteiger partial charge in [-0.3, -0.25) is 4.90 Å². The van der Waals surface area contributed by atoms with Crippen LogP contribution in [-0.4, -0.2) is 49.3 Å². The van der Waals surface area contributed by atoms with Crippen molar-refractivity contribution in [2.75, 3.05) is 13.1 Å². The van der Waals surface area contributed by atoms with Crippen molar-refractivity contribution >= 4 is 0 Å². The lowest BCUT2D eigenvalue weighted by Crippen LogP contribution is -2.68.